The average molecular weight is 336 g/mol. The maximum atomic E-state index is 9.40. The van der Waals surface area contributed by atoms with E-state index in [9.17, 15) is 10.5 Å². The minimum absolute atomic E-state index is 0.421. The molecule has 0 bridgehead atoms. The first-order valence-corrected chi connectivity index (χ1v) is 8.65. The quantitative estimate of drug-likeness (QED) is 0.452. The fraction of sp³-hybridized carbons (Fsp3) is 0. The van der Waals surface area contributed by atoms with Gasteiger partial charge in [-0.3, -0.25) is 0 Å². The third-order valence-corrected chi connectivity index (χ3v) is 5.48. The standard InChI is InChI=1S/C22H12N2S/c23-13-17-11-19-20(12-18(17)14-24)22(16-9-5-2-6-10-16)25-21(19)15-7-3-1-4-8-15/h1-12H. The molecule has 3 heteroatoms. The van der Waals surface area contributed by atoms with Crippen LogP contribution in [0.5, 0.6) is 0 Å². The zero-order chi connectivity index (χ0) is 17.2. The van der Waals surface area contributed by atoms with E-state index >= 15 is 0 Å². The van der Waals surface area contributed by atoms with Gasteiger partial charge in [-0.2, -0.15) is 10.5 Å². The molecule has 0 radical (unpaired) electrons. The largest absolute Gasteiger partial charge is 0.192 e. The molecule has 0 saturated carbocycles. The Morgan fingerprint density at radius 1 is 0.600 bits per heavy atom. The molecule has 1 aromatic heterocycles. The van der Waals surface area contributed by atoms with Crippen LogP contribution in [0.1, 0.15) is 11.1 Å². The highest BCUT2D eigenvalue weighted by atomic mass is 32.1. The molecule has 0 aliphatic carbocycles. The molecule has 4 rings (SSSR count). The number of fused-ring (bicyclic) bond motifs is 1. The summed E-state index contributed by atoms with van der Waals surface area (Å²) >= 11 is 1.70. The first-order valence-electron chi connectivity index (χ1n) is 7.83. The topological polar surface area (TPSA) is 47.6 Å². The van der Waals surface area contributed by atoms with Crippen molar-refractivity contribution in [3.05, 3.63) is 83.9 Å². The van der Waals surface area contributed by atoms with Crippen molar-refractivity contribution >= 4 is 22.1 Å². The SMILES string of the molecule is N#Cc1cc2c(-c3ccccc3)sc(-c3ccccc3)c2cc1C#N. The van der Waals surface area contributed by atoms with Crippen molar-refractivity contribution in [1.82, 2.24) is 0 Å². The van der Waals surface area contributed by atoms with Gasteiger partial charge in [-0.25, -0.2) is 0 Å². The van der Waals surface area contributed by atoms with Crippen molar-refractivity contribution in [1.29, 1.82) is 10.5 Å². The molecule has 0 amide bonds. The Kier molecular flexibility index (Phi) is 3.78. The lowest BCUT2D eigenvalue weighted by molar-refractivity contribution is 1.45. The number of hydrogen-bond donors (Lipinski definition) is 0. The van der Waals surface area contributed by atoms with Crippen LogP contribution in [0.15, 0.2) is 72.8 Å². The van der Waals surface area contributed by atoms with Gasteiger partial charge < -0.3 is 0 Å². The smallest absolute Gasteiger partial charge is 0.101 e. The fourth-order valence-electron chi connectivity index (χ4n) is 2.98. The van der Waals surface area contributed by atoms with Crippen molar-refractivity contribution < 1.29 is 0 Å². The van der Waals surface area contributed by atoms with Crippen LogP contribution < -0.4 is 0 Å². The van der Waals surface area contributed by atoms with Crippen LogP contribution in [-0.4, -0.2) is 0 Å². The summed E-state index contributed by atoms with van der Waals surface area (Å²) in [6.07, 6.45) is 0. The molecule has 0 atom stereocenters. The number of rotatable bonds is 2. The van der Waals surface area contributed by atoms with Gasteiger partial charge in [-0.05, 0) is 23.3 Å². The summed E-state index contributed by atoms with van der Waals surface area (Å²) in [5, 5.41) is 20.8. The van der Waals surface area contributed by atoms with Gasteiger partial charge in [0.1, 0.15) is 12.1 Å². The Labute approximate surface area is 149 Å². The van der Waals surface area contributed by atoms with E-state index in [1.165, 1.54) is 0 Å². The Hall–Kier alpha value is -3.40. The minimum Gasteiger partial charge on any atom is -0.192 e. The Bertz CT molecular complexity index is 1050. The zero-order valence-electron chi connectivity index (χ0n) is 13.2. The van der Waals surface area contributed by atoms with E-state index in [2.05, 4.69) is 36.4 Å². The molecule has 1 heterocycles. The van der Waals surface area contributed by atoms with Gasteiger partial charge in [0.05, 0.1) is 11.1 Å². The molecule has 0 aliphatic heterocycles. The number of nitriles is 2. The highest BCUT2D eigenvalue weighted by molar-refractivity contribution is 7.21. The van der Waals surface area contributed by atoms with Gasteiger partial charge in [0.25, 0.3) is 0 Å². The lowest BCUT2D eigenvalue weighted by Gasteiger charge is -2.01. The molecule has 0 aliphatic rings. The van der Waals surface area contributed by atoms with Crippen LogP contribution in [0.25, 0.3) is 31.7 Å². The molecule has 0 N–H and O–H groups in total. The van der Waals surface area contributed by atoms with Crippen LogP contribution >= 0.6 is 11.3 Å². The highest BCUT2D eigenvalue weighted by Gasteiger charge is 2.17. The second kappa shape index (κ2) is 6.24. The molecule has 0 fully saturated rings. The van der Waals surface area contributed by atoms with Gasteiger partial charge in [-0.1, -0.05) is 60.7 Å². The van der Waals surface area contributed by atoms with Gasteiger partial charge in [0, 0.05) is 20.5 Å². The Morgan fingerprint density at radius 2 is 1.00 bits per heavy atom. The van der Waals surface area contributed by atoms with E-state index in [1.807, 2.05) is 48.5 Å². The molecule has 4 aromatic rings. The lowest BCUT2D eigenvalue weighted by Crippen LogP contribution is -1.84. The Morgan fingerprint density at radius 3 is 1.36 bits per heavy atom. The lowest BCUT2D eigenvalue weighted by atomic mass is 9.99. The summed E-state index contributed by atoms with van der Waals surface area (Å²) in [6.45, 7) is 0. The van der Waals surface area contributed by atoms with Crippen molar-refractivity contribution in [2.75, 3.05) is 0 Å². The molecule has 0 unspecified atom stereocenters. The molecule has 0 spiro atoms. The van der Waals surface area contributed by atoms with Gasteiger partial charge >= 0.3 is 0 Å². The van der Waals surface area contributed by atoms with E-state index in [0.29, 0.717) is 11.1 Å². The number of hydrogen-bond acceptors (Lipinski definition) is 3. The van der Waals surface area contributed by atoms with E-state index in [4.69, 9.17) is 0 Å². The van der Waals surface area contributed by atoms with Crippen LogP contribution in [0.4, 0.5) is 0 Å². The van der Waals surface area contributed by atoms with E-state index in [0.717, 1.165) is 31.7 Å². The molecule has 116 valence electrons. The molecular formula is C22H12N2S. The van der Waals surface area contributed by atoms with Crippen molar-refractivity contribution in [3.63, 3.8) is 0 Å². The maximum absolute atomic E-state index is 9.40. The third-order valence-electron chi connectivity index (χ3n) is 4.16. The van der Waals surface area contributed by atoms with Gasteiger partial charge in [0.2, 0.25) is 0 Å². The Balaban J connectivity index is 2.10. The summed E-state index contributed by atoms with van der Waals surface area (Å²) in [7, 11) is 0. The summed E-state index contributed by atoms with van der Waals surface area (Å²) in [6, 6.07) is 28.3. The van der Waals surface area contributed by atoms with Crippen LogP contribution in [-0.2, 0) is 0 Å². The van der Waals surface area contributed by atoms with Gasteiger partial charge in [-0.15, -0.1) is 11.3 Å². The summed E-state index contributed by atoms with van der Waals surface area (Å²) < 4.78 is 0. The van der Waals surface area contributed by atoms with Crippen LogP contribution in [0.3, 0.4) is 0 Å². The van der Waals surface area contributed by atoms with Crippen molar-refractivity contribution in [2.24, 2.45) is 0 Å². The van der Waals surface area contributed by atoms with E-state index < -0.39 is 0 Å². The molecule has 0 saturated heterocycles. The van der Waals surface area contributed by atoms with Crippen molar-refractivity contribution in [3.8, 4) is 33.0 Å². The number of thiophene rings is 1. The average Bonchev–Trinajstić information content (AvgIpc) is 3.06. The normalized spacial score (nSPS) is 10.3. The predicted molar refractivity (Wildman–Crippen MR) is 102 cm³/mol. The third kappa shape index (κ3) is 2.58. The van der Waals surface area contributed by atoms with Crippen LogP contribution in [0.2, 0.25) is 0 Å². The first kappa shape index (κ1) is 15.1. The highest BCUT2D eigenvalue weighted by Crippen LogP contribution is 2.44. The number of nitrogens with zero attached hydrogens (tertiary/aromatic N) is 2. The summed E-state index contributed by atoms with van der Waals surface area (Å²) in [5.74, 6) is 0. The van der Waals surface area contributed by atoms with Crippen molar-refractivity contribution in [2.45, 2.75) is 0 Å². The summed E-state index contributed by atoms with van der Waals surface area (Å²) in [4.78, 5) is 2.24. The molecule has 25 heavy (non-hydrogen) atoms. The predicted octanol–water partition coefficient (Wildman–Crippen LogP) is 5.98. The zero-order valence-corrected chi connectivity index (χ0v) is 14.0. The first-order chi connectivity index (χ1) is 12.3. The second-order valence-electron chi connectivity index (χ2n) is 5.66. The maximum Gasteiger partial charge on any atom is 0.101 e. The fourth-order valence-corrected chi connectivity index (χ4v) is 4.25. The molecular weight excluding hydrogens is 324 g/mol. The minimum atomic E-state index is 0.421. The van der Waals surface area contributed by atoms with E-state index in [1.54, 1.807) is 11.3 Å². The second-order valence-corrected chi connectivity index (χ2v) is 6.68. The van der Waals surface area contributed by atoms with Gasteiger partial charge in [0.15, 0.2) is 0 Å². The van der Waals surface area contributed by atoms with E-state index in [-0.39, 0.29) is 0 Å². The molecule has 2 nitrogen and oxygen atoms in total. The monoisotopic (exact) mass is 336 g/mol. The van der Waals surface area contributed by atoms with Crippen LogP contribution in [0, 0.1) is 22.7 Å². The number of benzene rings is 3. The summed E-state index contributed by atoms with van der Waals surface area (Å²) in [5.41, 5.74) is 3.08. The molecule has 3 aromatic carbocycles.